The Kier molecular flexibility index (Phi) is 18.4. The number of carbonyl (C=O) groups is 1. The Balaban J connectivity index is 1.79. The van der Waals surface area contributed by atoms with Gasteiger partial charge in [0.1, 0.15) is 0 Å². The van der Waals surface area contributed by atoms with E-state index in [1.807, 2.05) is 0 Å². The highest BCUT2D eigenvalue weighted by Gasteiger charge is 2.27. The number of carboxylic acids is 1. The topological polar surface area (TPSA) is 49.3 Å². The molecule has 3 nitrogen and oxygen atoms in total. The van der Waals surface area contributed by atoms with E-state index in [-0.39, 0.29) is 0 Å². The van der Waals surface area contributed by atoms with Gasteiger partial charge in [0.15, 0.2) is 0 Å². The van der Waals surface area contributed by atoms with Crippen molar-refractivity contribution in [2.45, 2.75) is 167 Å². The highest BCUT2D eigenvalue weighted by molar-refractivity contribution is 5.66. The van der Waals surface area contributed by atoms with Crippen LogP contribution in [0.4, 0.5) is 5.69 Å². The van der Waals surface area contributed by atoms with Crippen LogP contribution < -0.4 is 5.32 Å². The number of benzene rings is 1. The number of nitrogens with one attached hydrogen (secondary N) is 1. The highest BCUT2D eigenvalue weighted by atomic mass is 16.4. The molecule has 0 spiro atoms. The van der Waals surface area contributed by atoms with Crippen LogP contribution in [0.25, 0.3) is 0 Å². The number of carboxylic acid groups (broad SMARTS) is 1. The second-order valence-corrected chi connectivity index (χ2v) is 12.1. The lowest BCUT2D eigenvalue weighted by Gasteiger charge is -2.33. The molecule has 1 aliphatic carbocycles. The molecule has 3 heteroatoms. The van der Waals surface area contributed by atoms with E-state index in [1.54, 1.807) is 11.1 Å². The summed E-state index contributed by atoms with van der Waals surface area (Å²) in [5, 5.41) is 12.5. The molecule has 2 atom stereocenters. The summed E-state index contributed by atoms with van der Waals surface area (Å²) < 4.78 is 0. The van der Waals surface area contributed by atoms with Crippen LogP contribution >= 0.6 is 0 Å². The number of aliphatic carboxylic acids is 1. The standard InChI is InChI=1S/C35H61NO2/c1-3-5-6-7-8-9-10-11-12-13-14-17-21-30(22-18-15-16-19-25-35(37)38)33-24-20-23-31-29-32(36-28-4-2)26-27-34(31)33/h26-27,29-30,33,36H,3-25,28H2,1-2H3,(H,37,38). The predicted molar refractivity (Wildman–Crippen MR) is 165 cm³/mol. The van der Waals surface area contributed by atoms with Gasteiger partial charge in [-0.3, -0.25) is 4.79 Å². The molecule has 2 unspecified atom stereocenters. The van der Waals surface area contributed by atoms with Crippen LogP contribution in [0.15, 0.2) is 18.2 Å². The summed E-state index contributed by atoms with van der Waals surface area (Å²) in [5.74, 6) is 0.846. The van der Waals surface area contributed by atoms with E-state index < -0.39 is 5.97 Å². The van der Waals surface area contributed by atoms with Gasteiger partial charge in [-0.2, -0.15) is 0 Å². The first-order valence-corrected chi connectivity index (χ1v) is 16.7. The Hall–Kier alpha value is -1.51. The fourth-order valence-corrected chi connectivity index (χ4v) is 6.55. The van der Waals surface area contributed by atoms with Crippen LogP contribution in [0, 0.1) is 5.92 Å². The average molecular weight is 528 g/mol. The Morgan fingerprint density at radius 2 is 1.39 bits per heavy atom. The second-order valence-electron chi connectivity index (χ2n) is 12.1. The van der Waals surface area contributed by atoms with E-state index in [0.717, 1.165) is 31.7 Å². The molecule has 0 amide bonds. The van der Waals surface area contributed by atoms with E-state index in [4.69, 9.17) is 5.11 Å². The molecule has 38 heavy (non-hydrogen) atoms. The maximum Gasteiger partial charge on any atom is 0.303 e. The van der Waals surface area contributed by atoms with Crippen molar-refractivity contribution in [3.8, 4) is 0 Å². The number of aryl methyl sites for hydroxylation is 1. The molecule has 1 aromatic carbocycles. The van der Waals surface area contributed by atoms with Crippen molar-refractivity contribution in [1.82, 2.24) is 0 Å². The van der Waals surface area contributed by atoms with Gasteiger partial charge in [-0.25, -0.2) is 0 Å². The molecule has 2 rings (SSSR count). The first-order chi connectivity index (χ1) is 18.7. The van der Waals surface area contributed by atoms with Gasteiger partial charge in [-0.05, 0) is 80.0 Å². The SMILES string of the molecule is CCCCCCCCCCCCCCC(CCCCCCC(=O)O)C1CCCc2cc(NCCC)ccc21. The number of hydrogen-bond donors (Lipinski definition) is 2. The summed E-state index contributed by atoms with van der Waals surface area (Å²) in [6, 6.07) is 7.20. The highest BCUT2D eigenvalue weighted by Crippen LogP contribution is 2.42. The van der Waals surface area contributed by atoms with Crippen LogP contribution in [0.5, 0.6) is 0 Å². The predicted octanol–water partition coefficient (Wildman–Crippen LogP) is 11.1. The third-order valence-corrected chi connectivity index (χ3v) is 8.80. The minimum atomic E-state index is -0.651. The van der Waals surface area contributed by atoms with Crippen LogP contribution in [-0.4, -0.2) is 17.6 Å². The van der Waals surface area contributed by atoms with Gasteiger partial charge in [-0.15, -0.1) is 0 Å². The minimum Gasteiger partial charge on any atom is -0.481 e. The number of fused-ring (bicyclic) bond motifs is 1. The van der Waals surface area contributed by atoms with Gasteiger partial charge >= 0.3 is 5.97 Å². The van der Waals surface area contributed by atoms with E-state index in [0.29, 0.717) is 12.3 Å². The van der Waals surface area contributed by atoms with Crippen LogP contribution in [0.3, 0.4) is 0 Å². The largest absolute Gasteiger partial charge is 0.481 e. The molecule has 0 radical (unpaired) electrons. The molecule has 0 saturated carbocycles. The smallest absolute Gasteiger partial charge is 0.303 e. The van der Waals surface area contributed by atoms with E-state index in [2.05, 4.69) is 37.4 Å². The first-order valence-electron chi connectivity index (χ1n) is 16.7. The molecule has 218 valence electrons. The summed E-state index contributed by atoms with van der Waals surface area (Å²) >= 11 is 0. The van der Waals surface area contributed by atoms with E-state index in [1.165, 1.54) is 128 Å². The Morgan fingerprint density at radius 3 is 1.97 bits per heavy atom. The molecular formula is C35H61NO2. The second kappa shape index (κ2) is 21.3. The number of rotatable bonds is 24. The van der Waals surface area contributed by atoms with Crippen LogP contribution in [0.2, 0.25) is 0 Å². The minimum absolute atomic E-state index is 0.326. The van der Waals surface area contributed by atoms with Crippen molar-refractivity contribution in [2.75, 3.05) is 11.9 Å². The summed E-state index contributed by atoms with van der Waals surface area (Å²) in [4.78, 5) is 10.8. The third-order valence-electron chi connectivity index (χ3n) is 8.80. The Labute approximate surface area is 236 Å². The molecule has 0 fully saturated rings. The van der Waals surface area contributed by atoms with Gasteiger partial charge in [0, 0.05) is 18.7 Å². The zero-order valence-electron chi connectivity index (χ0n) is 25.2. The molecule has 0 saturated heterocycles. The summed E-state index contributed by atoms with van der Waals surface area (Å²) in [6.07, 6.45) is 29.4. The van der Waals surface area contributed by atoms with Crippen molar-refractivity contribution in [1.29, 1.82) is 0 Å². The Morgan fingerprint density at radius 1 is 0.816 bits per heavy atom. The lowest BCUT2D eigenvalue weighted by Crippen LogP contribution is -2.19. The Bertz CT molecular complexity index is 731. The van der Waals surface area contributed by atoms with Crippen molar-refractivity contribution in [3.63, 3.8) is 0 Å². The summed E-state index contributed by atoms with van der Waals surface area (Å²) in [6.45, 7) is 5.57. The molecule has 1 aliphatic rings. The fraction of sp³-hybridized carbons (Fsp3) is 0.800. The molecule has 2 N–H and O–H groups in total. The summed E-state index contributed by atoms with van der Waals surface area (Å²) in [5.41, 5.74) is 4.51. The maximum atomic E-state index is 10.8. The van der Waals surface area contributed by atoms with Gasteiger partial charge < -0.3 is 10.4 Å². The molecule has 0 aliphatic heterocycles. The third kappa shape index (κ3) is 14.0. The van der Waals surface area contributed by atoms with Crippen molar-refractivity contribution < 1.29 is 9.90 Å². The lowest BCUT2D eigenvalue weighted by atomic mass is 9.72. The maximum absolute atomic E-state index is 10.8. The molecule has 0 bridgehead atoms. The normalized spacial score (nSPS) is 15.8. The number of unbranched alkanes of at least 4 members (excludes halogenated alkanes) is 14. The van der Waals surface area contributed by atoms with Crippen LogP contribution in [0.1, 0.15) is 172 Å². The molecule has 1 aromatic rings. The first kappa shape index (κ1) is 32.7. The zero-order valence-corrected chi connectivity index (χ0v) is 25.2. The zero-order chi connectivity index (χ0) is 27.3. The molecule has 0 heterocycles. The van der Waals surface area contributed by atoms with Gasteiger partial charge in [0.05, 0.1) is 0 Å². The average Bonchev–Trinajstić information content (AvgIpc) is 2.92. The fourth-order valence-electron chi connectivity index (χ4n) is 6.55. The quantitative estimate of drug-likeness (QED) is 0.131. The van der Waals surface area contributed by atoms with Crippen LogP contribution in [-0.2, 0) is 11.2 Å². The van der Waals surface area contributed by atoms with E-state index >= 15 is 0 Å². The monoisotopic (exact) mass is 527 g/mol. The number of hydrogen-bond acceptors (Lipinski definition) is 2. The van der Waals surface area contributed by atoms with Gasteiger partial charge in [0.25, 0.3) is 0 Å². The van der Waals surface area contributed by atoms with Gasteiger partial charge in [-0.1, -0.05) is 116 Å². The van der Waals surface area contributed by atoms with Gasteiger partial charge in [0.2, 0.25) is 0 Å². The number of anilines is 1. The van der Waals surface area contributed by atoms with Crippen molar-refractivity contribution in [3.05, 3.63) is 29.3 Å². The van der Waals surface area contributed by atoms with Crippen molar-refractivity contribution >= 4 is 11.7 Å². The van der Waals surface area contributed by atoms with Crippen molar-refractivity contribution in [2.24, 2.45) is 5.92 Å². The molecular weight excluding hydrogens is 466 g/mol. The summed E-state index contributed by atoms with van der Waals surface area (Å²) in [7, 11) is 0. The van der Waals surface area contributed by atoms with E-state index in [9.17, 15) is 4.79 Å². The lowest BCUT2D eigenvalue weighted by molar-refractivity contribution is -0.137. The molecule has 0 aromatic heterocycles.